The van der Waals surface area contributed by atoms with Crippen LogP contribution in [-0.4, -0.2) is 47.0 Å². The fraction of sp³-hybridized carbons (Fsp3) is 0.227. The van der Waals surface area contributed by atoms with Gasteiger partial charge in [0.25, 0.3) is 0 Å². The molecule has 4 rings (SSSR count). The molecule has 7 heteroatoms. The predicted octanol–water partition coefficient (Wildman–Crippen LogP) is 3.83. The minimum atomic E-state index is -0.445. The van der Waals surface area contributed by atoms with E-state index >= 15 is 0 Å². The summed E-state index contributed by atoms with van der Waals surface area (Å²) in [5, 5.41) is 0.284. The van der Waals surface area contributed by atoms with Gasteiger partial charge in [0.05, 0.1) is 12.1 Å². The molecule has 1 aliphatic rings. The molecule has 0 N–H and O–H groups in total. The minimum Gasteiger partial charge on any atom is -0.353 e. The van der Waals surface area contributed by atoms with E-state index in [0.29, 0.717) is 26.2 Å². The molecular formula is C22H20ClFN4O. The van der Waals surface area contributed by atoms with Crippen molar-refractivity contribution < 1.29 is 9.18 Å². The molecule has 0 spiro atoms. The van der Waals surface area contributed by atoms with Gasteiger partial charge < -0.3 is 9.80 Å². The average molecular weight is 411 g/mol. The fourth-order valence-electron chi connectivity index (χ4n) is 3.44. The highest BCUT2D eigenvalue weighted by molar-refractivity contribution is 6.31. The van der Waals surface area contributed by atoms with E-state index in [4.69, 9.17) is 11.6 Å². The highest BCUT2D eigenvalue weighted by atomic mass is 35.5. The summed E-state index contributed by atoms with van der Waals surface area (Å²) in [5.74, 6) is 0.270. The number of rotatable bonds is 4. The van der Waals surface area contributed by atoms with Crippen LogP contribution in [0.15, 0.2) is 60.9 Å². The van der Waals surface area contributed by atoms with Gasteiger partial charge in [0.2, 0.25) is 5.91 Å². The first kappa shape index (κ1) is 19.3. The second-order valence-electron chi connectivity index (χ2n) is 6.87. The zero-order valence-electron chi connectivity index (χ0n) is 15.8. The Hall–Kier alpha value is -2.99. The number of carbonyl (C=O) groups is 1. The molecule has 1 saturated heterocycles. The number of amides is 1. The third kappa shape index (κ3) is 4.38. The first-order chi connectivity index (χ1) is 14.1. The largest absolute Gasteiger partial charge is 0.353 e. The topological polar surface area (TPSA) is 49.3 Å². The van der Waals surface area contributed by atoms with Crippen LogP contribution in [0.3, 0.4) is 0 Å². The molecule has 0 saturated carbocycles. The van der Waals surface area contributed by atoms with Gasteiger partial charge in [0, 0.05) is 48.4 Å². The molecule has 29 heavy (non-hydrogen) atoms. The quantitative estimate of drug-likeness (QED) is 0.656. The standard InChI is InChI=1S/C22H20ClFN4O/c23-18-7-4-8-19(24)17(18)13-22(29)28-11-9-27(10-12-28)21-14-20(25-15-26-21)16-5-2-1-3-6-16/h1-8,14-15H,9-13H2. The van der Waals surface area contributed by atoms with Gasteiger partial charge >= 0.3 is 0 Å². The maximum Gasteiger partial charge on any atom is 0.227 e. The summed E-state index contributed by atoms with van der Waals surface area (Å²) in [6.45, 7) is 2.41. The Kier molecular flexibility index (Phi) is 5.71. The normalized spacial score (nSPS) is 14.1. The first-order valence-corrected chi connectivity index (χ1v) is 9.82. The van der Waals surface area contributed by atoms with E-state index in [1.165, 1.54) is 12.1 Å². The van der Waals surface area contributed by atoms with Gasteiger partial charge in [-0.3, -0.25) is 4.79 Å². The Bertz CT molecular complexity index is 986. The van der Waals surface area contributed by atoms with Crippen LogP contribution >= 0.6 is 11.6 Å². The summed E-state index contributed by atoms with van der Waals surface area (Å²) < 4.78 is 14.0. The van der Waals surface area contributed by atoms with Gasteiger partial charge in [-0.2, -0.15) is 0 Å². The van der Waals surface area contributed by atoms with Crippen LogP contribution in [0.5, 0.6) is 0 Å². The van der Waals surface area contributed by atoms with Gasteiger partial charge in [-0.15, -0.1) is 0 Å². The maximum absolute atomic E-state index is 14.0. The number of anilines is 1. The molecule has 3 aromatic rings. The van der Waals surface area contributed by atoms with Gasteiger partial charge in [-0.05, 0) is 12.1 Å². The minimum absolute atomic E-state index is 0.0306. The molecule has 1 amide bonds. The van der Waals surface area contributed by atoms with Crippen LogP contribution in [0.2, 0.25) is 5.02 Å². The second kappa shape index (κ2) is 8.57. The van der Waals surface area contributed by atoms with E-state index < -0.39 is 5.82 Å². The molecular weight excluding hydrogens is 391 g/mol. The van der Waals surface area contributed by atoms with E-state index in [1.54, 1.807) is 17.3 Å². The molecule has 148 valence electrons. The lowest BCUT2D eigenvalue weighted by molar-refractivity contribution is -0.130. The average Bonchev–Trinajstić information content (AvgIpc) is 2.77. The molecule has 1 aromatic heterocycles. The molecule has 0 atom stereocenters. The SMILES string of the molecule is O=C(Cc1c(F)cccc1Cl)N1CCN(c2cc(-c3ccccc3)ncn2)CC1. The Morgan fingerprint density at radius 3 is 2.48 bits per heavy atom. The number of halogens is 2. The lowest BCUT2D eigenvalue weighted by atomic mass is 10.1. The van der Waals surface area contributed by atoms with Crippen molar-refractivity contribution in [2.45, 2.75) is 6.42 Å². The van der Waals surface area contributed by atoms with Crippen molar-refractivity contribution in [1.29, 1.82) is 0 Å². The summed E-state index contributed by atoms with van der Waals surface area (Å²) in [4.78, 5) is 25.2. The molecule has 0 unspecified atom stereocenters. The number of benzene rings is 2. The predicted molar refractivity (Wildman–Crippen MR) is 111 cm³/mol. The molecule has 0 bridgehead atoms. The van der Waals surface area contributed by atoms with Crippen LogP contribution in [0.1, 0.15) is 5.56 Å². The zero-order valence-corrected chi connectivity index (χ0v) is 16.5. The first-order valence-electron chi connectivity index (χ1n) is 9.45. The summed E-state index contributed by atoms with van der Waals surface area (Å²) >= 11 is 6.05. The smallest absolute Gasteiger partial charge is 0.227 e. The second-order valence-corrected chi connectivity index (χ2v) is 7.28. The Balaban J connectivity index is 1.40. The van der Waals surface area contributed by atoms with Gasteiger partial charge in [0.1, 0.15) is 18.0 Å². The van der Waals surface area contributed by atoms with Crippen molar-refractivity contribution in [1.82, 2.24) is 14.9 Å². The van der Waals surface area contributed by atoms with Gasteiger partial charge in [-0.1, -0.05) is 48.0 Å². The van der Waals surface area contributed by atoms with Crippen molar-refractivity contribution >= 4 is 23.3 Å². The highest BCUT2D eigenvalue weighted by Gasteiger charge is 2.23. The molecule has 1 fully saturated rings. The number of hydrogen-bond acceptors (Lipinski definition) is 4. The Labute approximate surface area is 173 Å². The third-order valence-corrected chi connectivity index (χ3v) is 5.42. The summed E-state index contributed by atoms with van der Waals surface area (Å²) in [5.41, 5.74) is 2.15. The summed E-state index contributed by atoms with van der Waals surface area (Å²) in [7, 11) is 0. The monoisotopic (exact) mass is 410 g/mol. The van der Waals surface area contributed by atoms with Crippen LogP contribution in [0, 0.1) is 5.82 Å². The number of nitrogens with zero attached hydrogens (tertiary/aromatic N) is 4. The highest BCUT2D eigenvalue weighted by Crippen LogP contribution is 2.23. The molecule has 0 radical (unpaired) electrons. The molecule has 2 heterocycles. The lowest BCUT2D eigenvalue weighted by Crippen LogP contribution is -2.49. The van der Waals surface area contributed by atoms with E-state index in [1.807, 2.05) is 36.4 Å². The van der Waals surface area contributed by atoms with Crippen molar-refractivity contribution in [3.05, 3.63) is 77.3 Å². The van der Waals surface area contributed by atoms with Crippen molar-refractivity contribution in [3.63, 3.8) is 0 Å². The van der Waals surface area contributed by atoms with E-state index in [0.717, 1.165) is 17.1 Å². The molecule has 5 nitrogen and oxygen atoms in total. The Morgan fingerprint density at radius 2 is 1.76 bits per heavy atom. The van der Waals surface area contributed by atoms with Crippen molar-refractivity contribution in [2.24, 2.45) is 0 Å². The van der Waals surface area contributed by atoms with Crippen LogP contribution in [0.25, 0.3) is 11.3 Å². The van der Waals surface area contributed by atoms with E-state index in [-0.39, 0.29) is 22.9 Å². The summed E-state index contributed by atoms with van der Waals surface area (Å²) in [6.07, 6.45) is 1.53. The maximum atomic E-state index is 14.0. The lowest BCUT2D eigenvalue weighted by Gasteiger charge is -2.35. The fourth-order valence-corrected chi connectivity index (χ4v) is 3.67. The number of carbonyl (C=O) groups excluding carboxylic acids is 1. The molecule has 2 aromatic carbocycles. The van der Waals surface area contributed by atoms with Crippen LogP contribution in [-0.2, 0) is 11.2 Å². The van der Waals surface area contributed by atoms with Crippen molar-refractivity contribution in [3.8, 4) is 11.3 Å². The van der Waals surface area contributed by atoms with E-state index in [9.17, 15) is 9.18 Å². The third-order valence-electron chi connectivity index (χ3n) is 5.07. The van der Waals surface area contributed by atoms with Crippen LogP contribution in [0.4, 0.5) is 10.2 Å². The van der Waals surface area contributed by atoms with E-state index in [2.05, 4.69) is 14.9 Å². The number of hydrogen-bond donors (Lipinski definition) is 0. The number of piperazine rings is 1. The zero-order chi connectivity index (χ0) is 20.2. The molecule has 0 aliphatic carbocycles. The van der Waals surface area contributed by atoms with Gasteiger partial charge in [0.15, 0.2) is 0 Å². The van der Waals surface area contributed by atoms with Crippen LogP contribution < -0.4 is 4.90 Å². The van der Waals surface area contributed by atoms with Gasteiger partial charge in [-0.25, -0.2) is 14.4 Å². The van der Waals surface area contributed by atoms with Crippen molar-refractivity contribution in [2.75, 3.05) is 31.1 Å². The summed E-state index contributed by atoms with van der Waals surface area (Å²) in [6, 6.07) is 16.4. The molecule has 1 aliphatic heterocycles. The Morgan fingerprint density at radius 1 is 1.00 bits per heavy atom. The number of aromatic nitrogens is 2.